The van der Waals surface area contributed by atoms with Gasteiger partial charge >= 0.3 is 0 Å². The first-order chi connectivity index (χ1) is 6.20. The van der Waals surface area contributed by atoms with Gasteiger partial charge in [0.05, 0.1) is 11.9 Å². The number of pyridine rings is 1. The summed E-state index contributed by atoms with van der Waals surface area (Å²) in [5.41, 5.74) is 3.74. The standard InChI is InChI=1S/C11H14N2/c1-8(2)13-9(3)6-10-4-5-12-7-11(10)13/h4-5,7-8H,3,6H2,1-2H3. The molecule has 0 unspecified atom stereocenters. The van der Waals surface area contributed by atoms with Gasteiger partial charge in [-0.3, -0.25) is 4.98 Å². The van der Waals surface area contributed by atoms with Crippen molar-refractivity contribution in [2.45, 2.75) is 26.3 Å². The summed E-state index contributed by atoms with van der Waals surface area (Å²) in [7, 11) is 0. The van der Waals surface area contributed by atoms with Gasteiger partial charge in [-0.05, 0) is 25.5 Å². The van der Waals surface area contributed by atoms with Crippen LogP contribution in [0.3, 0.4) is 0 Å². The van der Waals surface area contributed by atoms with Crippen LogP contribution in [0.4, 0.5) is 5.69 Å². The Hall–Kier alpha value is -1.31. The minimum Gasteiger partial charge on any atom is -0.341 e. The number of rotatable bonds is 1. The van der Waals surface area contributed by atoms with Crippen molar-refractivity contribution < 1.29 is 0 Å². The number of aromatic nitrogens is 1. The zero-order valence-corrected chi connectivity index (χ0v) is 8.12. The maximum atomic E-state index is 4.14. The minimum atomic E-state index is 0.470. The molecule has 0 aromatic carbocycles. The van der Waals surface area contributed by atoms with Crippen LogP contribution < -0.4 is 4.90 Å². The fourth-order valence-electron chi connectivity index (χ4n) is 1.90. The fraction of sp³-hybridized carbons (Fsp3) is 0.364. The molecule has 0 fully saturated rings. The normalized spacial score (nSPS) is 15.3. The summed E-state index contributed by atoms with van der Waals surface area (Å²) in [6.45, 7) is 8.42. The van der Waals surface area contributed by atoms with Gasteiger partial charge in [0.15, 0.2) is 0 Å². The van der Waals surface area contributed by atoms with Crippen LogP contribution in [0.1, 0.15) is 19.4 Å². The van der Waals surface area contributed by atoms with E-state index in [9.17, 15) is 0 Å². The zero-order chi connectivity index (χ0) is 9.42. The lowest BCUT2D eigenvalue weighted by molar-refractivity contribution is 0.763. The molecule has 2 rings (SSSR count). The average Bonchev–Trinajstić information content (AvgIpc) is 2.39. The third-order valence-corrected chi connectivity index (χ3v) is 2.40. The molecule has 0 bridgehead atoms. The Balaban J connectivity index is 2.46. The van der Waals surface area contributed by atoms with Crippen LogP contribution in [0.15, 0.2) is 30.7 Å². The second kappa shape index (κ2) is 2.87. The van der Waals surface area contributed by atoms with Crippen LogP contribution in [-0.4, -0.2) is 11.0 Å². The lowest BCUT2D eigenvalue weighted by Crippen LogP contribution is -2.26. The predicted molar refractivity (Wildman–Crippen MR) is 54.7 cm³/mol. The topological polar surface area (TPSA) is 16.1 Å². The van der Waals surface area contributed by atoms with E-state index in [1.807, 2.05) is 12.4 Å². The van der Waals surface area contributed by atoms with Crippen LogP contribution in [-0.2, 0) is 6.42 Å². The van der Waals surface area contributed by atoms with E-state index in [-0.39, 0.29) is 0 Å². The first-order valence-corrected chi connectivity index (χ1v) is 4.60. The van der Waals surface area contributed by atoms with Crippen molar-refractivity contribution in [1.29, 1.82) is 0 Å². The van der Waals surface area contributed by atoms with Crippen LogP contribution >= 0.6 is 0 Å². The highest BCUT2D eigenvalue weighted by molar-refractivity contribution is 5.63. The SMILES string of the molecule is C=C1Cc2ccncc2N1C(C)C. The molecule has 2 heteroatoms. The van der Waals surface area contributed by atoms with Crippen molar-refractivity contribution in [1.82, 2.24) is 4.98 Å². The largest absolute Gasteiger partial charge is 0.341 e. The smallest absolute Gasteiger partial charge is 0.0633 e. The van der Waals surface area contributed by atoms with E-state index in [0.717, 1.165) is 6.42 Å². The molecule has 1 aromatic heterocycles. The number of hydrogen-bond donors (Lipinski definition) is 0. The molecule has 0 N–H and O–H groups in total. The average molecular weight is 174 g/mol. The van der Waals surface area contributed by atoms with E-state index in [1.165, 1.54) is 16.9 Å². The van der Waals surface area contributed by atoms with Gasteiger partial charge in [-0.15, -0.1) is 0 Å². The minimum absolute atomic E-state index is 0.470. The second-order valence-corrected chi connectivity index (χ2v) is 3.71. The quantitative estimate of drug-likeness (QED) is 0.649. The second-order valence-electron chi connectivity index (χ2n) is 3.71. The monoisotopic (exact) mass is 174 g/mol. The van der Waals surface area contributed by atoms with Crippen LogP contribution in [0.2, 0.25) is 0 Å². The summed E-state index contributed by atoms with van der Waals surface area (Å²) in [5, 5.41) is 0. The number of fused-ring (bicyclic) bond motifs is 1. The molecular formula is C11H14N2. The Kier molecular flexibility index (Phi) is 1.83. The molecule has 0 spiro atoms. The van der Waals surface area contributed by atoms with E-state index in [4.69, 9.17) is 0 Å². The summed E-state index contributed by atoms with van der Waals surface area (Å²) in [6, 6.07) is 2.54. The Morgan fingerprint density at radius 2 is 2.31 bits per heavy atom. The summed E-state index contributed by atoms with van der Waals surface area (Å²) < 4.78 is 0. The maximum absolute atomic E-state index is 4.14. The van der Waals surface area contributed by atoms with Gasteiger partial charge in [0, 0.05) is 24.4 Å². The van der Waals surface area contributed by atoms with Crippen LogP contribution in [0, 0.1) is 0 Å². The molecular weight excluding hydrogens is 160 g/mol. The van der Waals surface area contributed by atoms with Crippen molar-refractivity contribution in [3.63, 3.8) is 0 Å². The Morgan fingerprint density at radius 1 is 1.54 bits per heavy atom. The molecule has 2 nitrogen and oxygen atoms in total. The van der Waals surface area contributed by atoms with E-state index in [1.54, 1.807) is 0 Å². The van der Waals surface area contributed by atoms with E-state index in [2.05, 4.69) is 36.4 Å². The molecule has 0 saturated heterocycles. The molecule has 1 aromatic rings. The molecule has 0 radical (unpaired) electrons. The molecule has 68 valence electrons. The van der Waals surface area contributed by atoms with Crippen molar-refractivity contribution >= 4 is 5.69 Å². The molecule has 1 aliphatic heterocycles. The maximum Gasteiger partial charge on any atom is 0.0633 e. The molecule has 0 amide bonds. The molecule has 0 saturated carbocycles. The first-order valence-electron chi connectivity index (χ1n) is 4.60. The van der Waals surface area contributed by atoms with Crippen molar-refractivity contribution in [2.75, 3.05) is 4.90 Å². The summed E-state index contributed by atoms with van der Waals surface area (Å²) in [6.07, 6.45) is 4.74. The van der Waals surface area contributed by atoms with E-state index in [0.29, 0.717) is 6.04 Å². The predicted octanol–water partition coefficient (Wildman–Crippen LogP) is 2.37. The summed E-state index contributed by atoms with van der Waals surface area (Å²) in [5.74, 6) is 0. The van der Waals surface area contributed by atoms with E-state index < -0.39 is 0 Å². The number of hydrogen-bond acceptors (Lipinski definition) is 2. The Morgan fingerprint density at radius 3 is 3.00 bits per heavy atom. The highest BCUT2D eigenvalue weighted by atomic mass is 15.2. The van der Waals surface area contributed by atoms with Gasteiger partial charge < -0.3 is 4.90 Å². The van der Waals surface area contributed by atoms with Gasteiger partial charge in [0.25, 0.3) is 0 Å². The fourth-order valence-corrected chi connectivity index (χ4v) is 1.90. The van der Waals surface area contributed by atoms with Crippen LogP contribution in [0.25, 0.3) is 0 Å². The highest BCUT2D eigenvalue weighted by Gasteiger charge is 2.24. The first kappa shape index (κ1) is 8.30. The van der Waals surface area contributed by atoms with Crippen molar-refractivity contribution in [3.8, 4) is 0 Å². The molecule has 2 heterocycles. The van der Waals surface area contributed by atoms with Gasteiger partial charge in [-0.1, -0.05) is 6.58 Å². The Labute approximate surface area is 78.9 Å². The van der Waals surface area contributed by atoms with Crippen molar-refractivity contribution in [2.24, 2.45) is 0 Å². The van der Waals surface area contributed by atoms with Crippen LogP contribution in [0.5, 0.6) is 0 Å². The van der Waals surface area contributed by atoms with E-state index >= 15 is 0 Å². The zero-order valence-electron chi connectivity index (χ0n) is 8.12. The lowest BCUT2D eigenvalue weighted by atomic mass is 10.2. The summed E-state index contributed by atoms with van der Waals surface area (Å²) in [4.78, 5) is 6.39. The van der Waals surface area contributed by atoms with Crippen molar-refractivity contribution in [3.05, 3.63) is 36.3 Å². The summed E-state index contributed by atoms with van der Waals surface area (Å²) >= 11 is 0. The molecule has 13 heavy (non-hydrogen) atoms. The molecule has 0 aliphatic carbocycles. The molecule has 1 aliphatic rings. The third-order valence-electron chi connectivity index (χ3n) is 2.40. The van der Waals surface area contributed by atoms with Gasteiger partial charge in [0.2, 0.25) is 0 Å². The van der Waals surface area contributed by atoms with Gasteiger partial charge in [-0.25, -0.2) is 0 Å². The number of nitrogens with zero attached hydrogens (tertiary/aromatic N) is 2. The third kappa shape index (κ3) is 1.22. The Bertz CT molecular complexity index is 342. The molecule has 0 atom stereocenters. The number of anilines is 1. The number of allylic oxidation sites excluding steroid dienone is 1. The van der Waals surface area contributed by atoms with Gasteiger partial charge in [-0.2, -0.15) is 0 Å². The lowest BCUT2D eigenvalue weighted by Gasteiger charge is -2.24. The highest BCUT2D eigenvalue weighted by Crippen LogP contribution is 2.33. The van der Waals surface area contributed by atoms with Gasteiger partial charge in [0.1, 0.15) is 0 Å².